The smallest absolute Gasteiger partial charge is 0.411 e. The molecule has 0 bridgehead atoms. The van der Waals surface area contributed by atoms with Crippen molar-refractivity contribution in [2.45, 2.75) is 26.8 Å². The second kappa shape index (κ2) is 4.74. The summed E-state index contributed by atoms with van der Waals surface area (Å²) in [5.74, 6) is -1.16. The molecule has 1 N–H and O–H groups in total. The van der Waals surface area contributed by atoms with Gasteiger partial charge in [0.15, 0.2) is 0 Å². The Balaban J connectivity index is 2.74. The second-order valence-corrected chi connectivity index (χ2v) is 3.44. The van der Waals surface area contributed by atoms with Crippen molar-refractivity contribution in [2.24, 2.45) is 0 Å². The summed E-state index contributed by atoms with van der Waals surface area (Å²) >= 11 is 0. The van der Waals surface area contributed by atoms with Crippen LogP contribution in [-0.2, 0) is 11.5 Å². The van der Waals surface area contributed by atoms with E-state index in [1.54, 1.807) is 0 Å². The van der Waals surface area contributed by atoms with Crippen LogP contribution in [0, 0.1) is 13.8 Å². The Bertz CT molecular complexity index is 426. The number of carbonyl (C=O) groups is 1. The van der Waals surface area contributed by atoms with Crippen LogP contribution in [0.5, 0.6) is 0 Å². The van der Waals surface area contributed by atoms with Crippen LogP contribution < -0.4 is 0 Å². The van der Waals surface area contributed by atoms with Crippen LogP contribution in [0.15, 0.2) is 0 Å². The minimum atomic E-state index is -4.41. The first-order valence-corrected chi connectivity index (χ1v) is 4.64. The number of aromatic nitrogens is 2. The van der Waals surface area contributed by atoms with Gasteiger partial charge in [-0.05, 0) is 13.8 Å². The first kappa shape index (κ1) is 13.5. The number of carboxylic acids is 1. The minimum Gasteiger partial charge on any atom is -0.478 e. The summed E-state index contributed by atoms with van der Waals surface area (Å²) in [5.41, 5.74) is 0.489. The van der Waals surface area contributed by atoms with Gasteiger partial charge in [-0.2, -0.15) is 18.3 Å². The molecule has 0 unspecified atom stereocenters. The number of carboxylic acid groups (broad SMARTS) is 1. The third-order valence-electron chi connectivity index (χ3n) is 2.07. The number of aromatic carboxylic acids is 1. The highest BCUT2D eigenvalue weighted by molar-refractivity contribution is 5.90. The number of aryl methyl sites for hydroxylation is 1. The van der Waals surface area contributed by atoms with E-state index in [-0.39, 0.29) is 17.0 Å². The molecule has 0 saturated heterocycles. The molecule has 17 heavy (non-hydrogen) atoms. The number of halogens is 3. The molecule has 0 atom stereocenters. The Hall–Kier alpha value is -1.57. The molecule has 1 rings (SSSR count). The van der Waals surface area contributed by atoms with E-state index >= 15 is 0 Å². The Morgan fingerprint density at radius 2 is 2.06 bits per heavy atom. The van der Waals surface area contributed by atoms with Gasteiger partial charge >= 0.3 is 12.1 Å². The fourth-order valence-corrected chi connectivity index (χ4v) is 1.38. The summed E-state index contributed by atoms with van der Waals surface area (Å²) in [5, 5.41) is 12.6. The molecular weight excluding hydrogens is 241 g/mol. The number of hydrogen-bond donors (Lipinski definition) is 1. The Morgan fingerprint density at radius 3 is 2.47 bits per heavy atom. The molecule has 1 aromatic rings. The van der Waals surface area contributed by atoms with Crippen molar-refractivity contribution < 1.29 is 27.8 Å². The van der Waals surface area contributed by atoms with E-state index in [0.717, 1.165) is 4.68 Å². The van der Waals surface area contributed by atoms with Gasteiger partial charge < -0.3 is 9.84 Å². The molecule has 96 valence electrons. The van der Waals surface area contributed by atoms with Gasteiger partial charge in [0.1, 0.15) is 18.9 Å². The van der Waals surface area contributed by atoms with Crippen LogP contribution in [0.25, 0.3) is 0 Å². The van der Waals surface area contributed by atoms with Crippen LogP contribution in [0.2, 0.25) is 0 Å². The van der Waals surface area contributed by atoms with Crippen LogP contribution >= 0.6 is 0 Å². The van der Waals surface area contributed by atoms with E-state index in [0.29, 0.717) is 0 Å². The first-order valence-electron chi connectivity index (χ1n) is 4.64. The molecule has 0 aliphatic carbocycles. The van der Waals surface area contributed by atoms with Crippen molar-refractivity contribution in [3.63, 3.8) is 0 Å². The fraction of sp³-hybridized carbons (Fsp3) is 0.556. The van der Waals surface area contributed by atoms with Gasteiger partial charge in [0.05, 0.1) is 11.4 Å². The van der Waals surface area contributed by atoms with Crippen molar-refractivity contribution in [2.75, 3.05) is 6.61 Å². The Kier molecular flexibility index (Phi) is 3.76. The van der Waals surface area contributed by atoms with Gasteiger partial charge in [-0.15, -0.1) is 0 Å². The molecule has 5 nitrogen and oxygen atoms in total. The number of nitrogens with zero attached hydrogens (tertiary/aromatic N) is 2. The van der Waals surface area contributed by atoms with E-state index in [1.165, 1.54) is 13.8 Å². The van der Waals surface area contributed by atoms with Gasteiger partial charge in [0, 0.05) is 0 Å². The van der Waals surface area contributed by atoms with Crippen LogP contribution in [0.4, 0.5) is 13.2 Å². The van der Waals surface area contributed by atoms with Crippen molar-refractivity contribution >= 4 is 5.97 Å². The van der Waals surface area contributed by atoms with E-state index in [2.05, 4.69) is 9.84 Å². The van der Waals surface area contributed by atoms with Gasteiger partial charge in [-0.3, -0.25) is 0 Å². The molecule has 0 aromatic carbocycles. The van der Waals surface area contributed by atoms with E-state index in [4.69, 9.17) is 5.11 Å². The predicted molar refractivity (Wildman–Crippen MR) is 50.7 cm³/mol. The number of ether oxygens (including phenoxy) is 1. The summed E-state index contributed by atoms with van der Waals surface area (Å²) < 4.78 is 41.0. The summed E-state index contributed by atoms with van der Waals surface area (Å²) in [6.45, 7) is 1.10. The maximum atomic E-state index is 11.8. The maximum absolute atomic E-state index is 11.8. The highest BCUT2D eigenvalue weighted by Gasteiger charge is 2.27. The number of hydrogen-bond acceptors (Lipinski definition) is 3. The van der Waals surface area contributed by atoms with Crippen molar-refractivity contribution in [1.82, 2.24) is 9.78 Å². The van der Waals surface area contributed by atoms with Crippen molar-refractivity contribution in [3.05, 3.63) is 17.0 Å². The lowest BCUT2D eigenvalue weighted by Crippen LogP contribution is -2.19. The highest BCUT2D eigenvalue weighted by atomic mass is 19.4. The van der Waals surface area contributed by atoms with E-state index in [1.807, 2.05) is 0 Å². The zero-order valence-corrected chi connectivity index (χ0v) is 9.21. The molecule has 0 fully saturated rings. The van der Waals surface area contributed by atoms with Crippen molar-refractivity contribution in [3.8, 4) is 0 Å². The van der Waals surface area contributed by atoms with Crippen molar-refractivity contribution in [1.29, 1.82) is 0 Å². The molecule has 8 heteroatoms. The van der Waals surface area contributed by atoms with Crippen LogP contribution in [-0.4, -0.2) is 33.6 Å². The number of alkyl halides is 3. The van der Waals surface area contributed by atoms with Gasteiger partial charge in [0.2, 0.25) is 0 Å². The highest BCUT2D eigenvalue weighted by Crippen LogP contribution is 2.16. The summed E-state index contributed by atoms with van der Waals surface area (Å²) in [4.78, 5) is 10.8. The Labute approximate surface area is 94.8 Å². The molecular formula is C9H11F3N2O3. The summed E-state index contributed by atoms with van der Waals surface area (Å²) in [6.07, 6.45) is -4.41. The topological polar surface area (TPSA) is 64.4 Å². The first-order chi connectivity index (χ1) is 7.72. The molecule has 1 aromatic heterocycles. The second-order valence-electron chi connectivity index (χ2n) is 3.44. The molecule has 0 spiro atoms. The average Bonchev–Trinajstić information content (AvgIpc) is 2.39. The normalized spacial score (nSPS) is 11.8. The quantitative estimate of drug-likeness (QED) is 0.886. The minimum absolute atomic E-state index is 0.0133. The molecule has 0 aliphatic heterocycles. The lowest BCUT2D eigenvalue weighted by molar-refractivity contribution is -0.182. The third kappa shape index (κ3) is 3.45. The summed E-state index contributed by atoms with van der Waals surface area (Å²) in [7, 11) is 0. The largest absolute Gasteiger partial charge is 0.478 e. The third-order valence-corrected chi connectivity index (χ3v) is 2.07. The van der Waals surface area contributed by atoms with E-state index in [9.17, 15) is 18.0 Å². The van der Waals surface area contributed by atoms with Crippen LogP contribution in [0.1, 0.15) is 21.7 Å². The lowest BCUT2D eigenvalue weighted by Gasteiger charge is -2.08. The zero-order chi connectivity index (χ0) is 13.2. The monoisotopic (exact) mass is 252 g/mol. The molecule has 1 heterocycles. The molecule has 0 saturated carbocycles. The standard InChI is InChI=1S/C9H11F3N2O3/c1-5-7(8(15)16)6(2)14(13-5)4-17-3-9(10,11)12/h3-4H2,1-2H3,(H,15,16). The zero-order valence-electron chi connectivity index (χ0n) is 9.21. The molecule has 0 aliphatic rings. The number of rotatable bonds is 4. The lowest BCUT2D eigenvalue weighted by atomic mass is 10.2. The molecule has 0 amide bonds. The summed E-state index contributed by atoms with van der Waals surface area (Å²) in [6, 6.07) is 0. The van der Waals surface area contributed by atoms with E-state index < -0.39 is 25.5 Å². The van der Waals surface area contributed by atoms with Gasteiger partial charge in [0.25, 0.3) is 0 Å². The Morgan fingerprint density at radius 1 is 1.47 bits per heavy atom. The van der Waals surface area contributed by atoms with Crippen LogP contribution in [0.3, 0.4) is 0 Å². The average molecular weight is 252 g/mol. The van der Waals surface area contributed by atoms with Gasteiger partial charge in [-0.25, -0.2) is 9.48 Å². The van der Waals surface area contributed by atoms with Gasteiger partial charge in [-0.1, -0.05) is 0 Å². The SMILES string of the molecule is Cc1nn(COCC(F)(F)F)c(C)c1C(=O)O. The predicted octanol–water partition coefficient (Wildman–Crippen LogP) is 1.73. The molecule has 0 radical (unpaired) electrons. The maximum Gasteiger partial charge on any atom is 0.411 e. The fourth-order valence-electron chi connectivity index (χ4n) is 1.38.